The number of ether oxygens (including phenoxy) is 1. The van der Waals surface area contributed by atoms with Crippen molar-refractivity contribution in [3.8, 4) is 0 Å². The van der Waals surface area contributed by atoms with Gasteiger partial charge in [0.25, 0.3) is 0 Å². The van der Waals surface area contributed by atoms with Gasteiger partial charge in [-0.1, -0.05) is 13.8 Å². The molecule has 1 rings (SSSR count). The molecule has 0 fully saturated rings. The number of nitrogens with zero attached hydrogens (tertiary/aromatic N) is 4. The fraction of sp³-hybridized carbons (Fsp3) is 0.636. The molecular formula is C11H17ClN4O3. The summed E-state index contributed by atoms with van der Waals surface area (Å²) in [5.74, 6) is 0.556. The van der Waals surface area contributed by atoms with E-state index >= 15 is 0 Å². The Morgan fingerprint density at radius 3 is 2.79 bits per heavy atom. The highest BCUT2D eigenvalue weighted by atomic mass is 35.5. The first-order valence-corrected chi connectivity index (χ1v) is 6.24. The van der Waals surface area contributed by atoms with Crippen molar-refractivity contribution in [2.75, 3.05) is 31.7 Å². The highest BCUT2D eigenvalue weighted by Crippen LogP contribution is 2.26. The third-order valence-corrected chi connectivity index (χ3v) is 2.55. The Balaban J connectivity index is 3.11. The fourth-order valence-corrected chi connectivity index (χ4v) is 1.76. The van der Waals surface area contributed by atoms with E-state index in [-0.39, 0.29) is 16.8 Å². The second-order valence-corrected chi connectivity index (χ2v) is 4.78. The minimum atomic E-state index is -0.508. The molecule has 1 heterocycles. The lowest BCUT2D eigenvalue weighted by molar-refractivity contribution is -0.384. The van der Waals surface area contributed by atoms with E-state index in [4.69, 9.17) is 16.3 Å². The smallest absolute Gasteiger partial charge is 0.329 e. The average Bonchev–Trinajstić information content (AvgIpc) is 2.33. The lowest BCUT2D eigenvalue weighted by Gasteiger charge is -2.24. The van der Waals surface area contributed by atoms with Crippen molar-refractivity contribution < 1.29 is 9.66 Å². The van der Waals surface area contributed by atoms with Crippen LogP contribution in [0.2, 0.25) is 5.28 Å². The maximum absolute atomic E-state index is 11.0. The lowest BCUT2D eigenvalue weighted by Crippen LogP contribution is -2.32. The molecule has 19 heavy (non-hydrogen) atoms. The van der Waals surface area contributed by atoms with E-state index < -0.39 is 4.92 Å². The molecular weight excluding hydrogens is 272 g/mol. The molecule has 0 aliphatic rings. The van der Waals surface area contributed by atoms with Gasteiger partial charge in [-0.3, -0.25) is 10.1 Å². The van der Waals surface area contributed by atoms with E-state index in [0.29, 0.717) is 25.6 Å². The predicted molar refractivity (Wildman–Crippen MR) is 72.6 cm³/mol. The summed E-state index contributed by atoms with van der Waals surface area (Å²) >= 11 is 5.73. The van der Waals surface area contributed by atoms with Crippen LogP contribution in [-0.4, -0.2) is 41.7 Å². The van der Waals surface area contributed by atoms with Crippen LogP contribution in [0.3, 0.4) is 0 Å². The summed E-state index contributed by atoms with van der Waals surface area (Å²) in [7, 11) is 1.58. The normalized spacial score (nSPS) is 10.8. The summed E-state index contributed by atoms with van der Waals surface area (Å²) in [4.78, 5) is 19.9. The molecule has 0 N–H and O–H groups in total. The molecule has 0 aliphatic carbocycles. The molecule has 7 nitrogen and oxygen atoms in total. The maximum Gasteiger partial charge on any atom is 0.329 e. The van der Waals surface area contributed by atoms with Gasteiger partial charge in [-0.25, -0.2) is 4.98 Å². The molecule has 1 aromatic heterocycles. The molecule has 0 saturated carbocycles. The Labute approximate surface area is 116 Å². The standard InChI is InChI=1S/C11H17ClN4O3/c1-8(2)7-15(4-5-19-3)10-9(16(17)18)6-13-11(12)14-10/h6,8H,4-5,7H2,1-3H3. The van der Waals surface area contributed by atoms with Crippen molar-refractivity contribution in [2.24, 2.45) is 5.92 Å². The van der Waals surface area contributed by atoms with Gasteiger partial charge in [0, 0.05) is 20.2 Å². The molecule has 0 aliphatic heterocycles. The van der Waals surface area contributed by atoms with Crippen molar-refractivity contribution in [3.05, 3.63) is 21.6 Å². The van der Waals surface area contributed by atoms with Crippen molar-refractivity contribution in [1.29, 1.82) is 0 Å². The number of hydrogen-bond donors (Lipinski definition) is 0. The highest BCUT2D eigenvalue weighted by molar-refractivity contribution is 6.28. The molecule has 0 amide bonds. The Kier molecular flexibility index (Phi) is 5.91. The van der Waals surface area contributed by atoms with E-state index in [9.17, 15) is 10.1 Å². The third-order valence-electron chi connectivity index (χ3n) is 2.37. The zero-order valence-electron chi connectivity index (χ0n) is 11.2. The Bertz CT molecular complexity index is 442. The summed E-state index contributed by atoms with van der Waals surface area (Å²) in [6, 6.07) is 0. The van der Waals surface area contributed by atoms with Crippen LogP contribution in [-0.2, 0) is 4.74 Å². The van der Waals surface area contributed by atoms with Crippen molar-refractivity contribution in [3.63, 3.8) is 0 Å². The van der Waals surface area contributed by atoms with Crippen LogP contribution < -0.4 is 4.90 Å². The van der Waals surface area contributed by atoms with Crippen LogP contribution in [0, 0.1) is 16.0 Å². The van der Waals surface area contributed by atoms with Gasteiger partial charge in [0.05, 0.1) is 11.5 Å². The minimum Gasteiger partial charge on any atom is -0.383 e. The Hall–Kier alpha value is -1.47. The maximum atomic E-state index is 11.0. The largest absolute Gasteiger partial charge is 0.383 e. The molecule has 8 heteroatoms. The van der Waals surface area contributed by atoms with Gasteiger partial charge >= 0.3 is 5.69 Å². The van der Waals surface area contributed by atoms with Crippen LogP contribution in [0.15, 0.2) is 6.20 Å². The molecule has 0 bridgehead atoms. The molecule has 106 valence electrons. The van der Waals surface area contributed by atoms with E-state index in [2.05, 4.69) is 9.97 Å². The topological polar surface area (TPSA) is 81.4 Å². The molecule has 0 saturated heterocycles. The van der Waals surface area contributed by atoms with E-state index in [1.54, 1.807) is 12.0 Å². The van der Waals surface area contributed by atoms with E-state index in [1.165, 1.54) is 0 Å². The highest BCUT2D eigenvalue weighted by Gasteiger charge is 2.23. The molecule has 0 unspecified atom stereocenters. The first-order chi connectivity index (χ1) is 8.95. The fourth-order valence-electron chi connectivity index (χ4n) is 1.63. The third kappa shape index (κ3) is 4.60. The summed E-state index contributed by atoms with van der Waals surface area (Å²) in [5, 5.41) is 11.0. The lowest BCUT2D eigenvalue weighted by atomic mass is 10.2. The van der Waals surface area contributed by atoms with Crippen LogP contribution in [0.4, 0.5) is 11.5 Å². The summed E-state index contributed by atoms with van der Waals surface area (Å²) in [6.07, 6.45) is 1.13. The SMILES string of the molecule is COCCN(CC(C)C)c1nc(Cl)ncc1[N+](=O)[O-]. The van der Waals surface area contributed by atoms with Crippen LogP contribution >= 0.6 is 11.6 Å². The summed E-state index contributed by atoms with van der Waals surface area (Å²) in [5.41, 5.74) is -0.152. The molecule has 0 aromatic carbocycles. The number of methoxy groups -OCH3 is 1. The van der Waals surface area contributed by atoms with E-state index in [1.807, 2.05) is 13.8 Å². The average molecular weight is 289 g/mol. The van der Waals surface area contributed by atoms with Gasteiger partial charge < -0.3 is 9.64 Å². The number of halogens is 1. The summed E-state index contributed by atoms with van der Waals surface area (Å²) in [6.45, 7) is 5.62. The van der Waals surface area contributed by atoms with Gasteiger partial charge in [-0.15, -0.1) is 0 Å². The Morgan fingerprint density at radius 2 is 2.26 bits per heavy atom. The number of hydrogen-bond acceptors (Lipinski definition) is 6. The van der Waals surface area contributed by atoms with Crippen molar-refractivity contribution in [1.82, 2.24) is 9.97 Å². The number of anilines is 1. The first-order valence-electron chi connectivity index (χ1n) is 5.86. The van der Waals surface area contributed by atoms with Gasteiger partial charge in [0.15, 0.2) is 0 Å². The number of rotatable bonds is 7. The van der Waals surface area contributed by atoms with Gasteiger partial charge in [-0.2, -0.15) is 4.98 Å². The van der Waals surface area contributed by atoms with Gasteiger partial charge in [0.1, 0.15) is 6.20 Å². The van der Waals surface area contributed by atoms with Crippen LogP contribution in [0.5, 0.6) is 0 Å². The number of nitro groups is 1. The minimum absolute atomic E-state index is 0.00762. The zero-order valence-corrected chi connectivity index (χ0v) is 11.9. The second kappa shape index (κ2) is 7.20. The van der Waals surface area contributed by atoms with Gasteiger partial charge in [-0.05, 0) is 17.5 Å². The van der Waals surface area contributed by atoms with Gasteiger partial charge in [0.2, 0.25) is 11.1 Å². The van der Waals surface area contributed by atoms with E-state index in [0.717, 1.165) is 6.20 Å². The zero-order chi connectivity index (χ0) is 14.4. The first kappa shape index (κ1) is 15.6. The number of aromatic nitrogens is 2. The van der Waals surface area contributed by atoms with Crippen LogP contribution in [0.1, 0.15) is 13.8 Å². The van der Waals surface area contributed by atoms with Crippen molar-refractivity contribution in [2.45, 2.75) is 13.8 Å². The summed E-state index contributed by atoms with van der Waals surface area (Å²) < 4.78 is 5.02. The van der Waals surface area contributed by atoms with Crippen LogP contribution in [0.25, 0.3) is 0 Å². The van der Waals surface area contributed by atoms with Crippen molar-refractivity contribution >= 4 is 23.1 Å². The second-order valence-electron chi connectivity index (χ2n) is 4.44. The monoisotopic (exact) mass is 288 g/mol. The molecule has 0 radical (unpaired) electrons. The predicted octanol–water partition coefficient (Wildman–Crippen LogP) is 2.15. The Morgan fingerprint density at radius 1 is 1.58 bits per heavy atom. The molecule has 1 aromatic rings. The quantitative estimate of drug-likeness (QED) is 0.434. The molecule has 0 atom stereocenters. The molecule has 0 spiro atoms.